The first-order chi connectivity index (χ1) is 13.0. The van der Waals surface area contributed by atoms with Crippen molar-refractivity contribution in [2.45, 2.75) is 43.5 Å². The molecule has 2 aromatic rings. The number of thiophene rings is 1. The van der Waals surface area contributed by atoms with E-state index in [-0.39, 0.29) is 0 Å². The number of aryl methyl sites for hydroxylation is 2. The van der Waals surface area contributed by atoms with Crippen LogP contribution >= 0.6 is 11.3 Å². The van der Waals surface area contributed by atoms with Crippen molar-refractivity contribution >= 4 is 11.3 Å². The molecule has 1 aromatic heterocycles. The molecule has 27 heavy (non-hydrogen) atoms. The van der Waals surface area contributed by atoms with E-state index in [1.807, 2.05) is 29.6 Å². The van der Waals surface area contributed by atoms with Crippen molar-refractivity contribution in [3.8, 4) is 11.5 Å². The van der Waals surface area contributed by atoms with E-state index < -0.39 is 37.3 Å². The summed E-state index contributed by atoms with van der Waals surface area (Å²) in [5.41, 5.74) is 1.16. The van der Waals surface area contributed by atoms with Crippen molar-refractivity contribution in [3.05, 3.63) is 46.2 Å². The maximum Gasteiger partial charge on any atom is 0.229 e. The average Bonchev–Trinajstić information content (AvgIpc) is 3.14. The zero-order chi connectivity index (χ0) is 19.4. The van der Waals surface area contributed by atoms with Crippen molar-refractivity contribution in [2.75, 3.05) is 13.7 Å². The summed E-state index contributed by atoms with van der Waals surface area (Å²) in [5, 5.41) is 41.0. The summed E-state index contributed by atoms with van der Waals surface area (Å²) in [5.74, 6) is 1.36. The summed E-state index contributed by atoms with van der Waals surface area (Å²) in [6.07, 6.45) is -4.90. The lowest BCUT2D eigenvalue weighted by atomic mass is 9.99. The third-order valence-electron chi connectivity index (χ3n) is 4.60. The minimum atomic E-state index is -1.46. The number of aliphatic hydroxyl groups excluding tert-OH is 4. The van der Waals surface area contributed by atoms with Crippen LogP contribution in [0.5, 0.6) is 11.5 Å². The molecule has 8 heteroatoms. The second-order valence-electron chi connectivity index (χ2n) is 6.37. The number of aliphatic hydroxyl groups is 4. The monoisotopic (exact) mass is 396 g/mol. The molecule has 0 amide bonds. The van der Waals surface area contributed by atoms with Gasteiger partial charge >= 0.3 is 0 Å². The highest BCUT2D eigenvalue weighted by atomic mass is 32.1. The van der Waals surface area contributed by atoms with Gasteiger partial charge in [0, 0.05) is 4.88 Å². The molecule has 1 saturated heterocycles. The molecule has 5 atom stereocenters. The highest BCUT2D eigenvalue weighted by Gasteiger charge is 2.44. The van der Waals surface area contributed by atoms with E-state index in [1.54, 1.807) is 13.2 Å². The van der Waals surface area contributed by atoms with Crippen LogP contribution in [-0.4, -0.2) is 64.8 Å². The third kappa shape index (κ3) is 4.60. The molecule has 1 aliphatic heterocycles. The van der Waals surface area contributed by atoms with Crippen molar-refractivity contribution < 1.29 is 34.6 Å². The molecule has 0 aliphatic carbocycles. The maximum atomic E-state index is 10.1. The van der Waals surface area contributed by atoms with Crippen molar-refractivity contribution in [1.82, 2.24) is 0 Å². The molecule has 1 aliphatic rings. The molecular weight excluding hydrogens is 372 g/mol. The number of ether oxygens (including phenoxy) is 3. The lowest BCUT2D eigenvalue weighted by molar-refractivity contribution is -0.277. The smallest absolute Gasteiger partial charge is 0.229 e. The van der Waals surface area contributed by atoms with Gasteiger partial charge in [0.25, 0.3) is 0 Å². The quantitative estimate of drug-likeness (QED) is 0.546. The van der Waals surface area contributed by atoms with Crippen LogP contribution < -0.4 is 9.47 Å². The average molecular weight is 396 g/mol. The molecule has 1 fully saturated rings. The first-order valence-electron chi connectivity index (χ1n) is 8.70. The van der Waals surface area contributed by atoms with E-state index in [9.17, 15) is 20.4 Å². The van der Waals surface area contributed by atoms with E-state index in [0.717, 1.165) is 29.0 Å². The standard InChI is InChI=1S/C19H24O7S/c1-24-12-5-2-11(3-6-12)4-7-15-13(8-9-27-15)25-19-18(23)17(22)16(21)14(10-20)26-19/h2-3,5-6,8-9,14,16-23H,4,7,10H2,1H3. The second kappa shape index (κ2) is 9.01. The van der Waals surface area contributed by atoms with Gasteiger partial charge in [0.15, 0.2) is 0 Å². The van der Waals surface area contributed by atoms with E-state index >= 15 is 0 Å². The van der Waals surface area contributed by atoms with Crippen molar-refractivity contribution in [2.24, 2.45) is 0 Å². The van der Waals surface area contributed by atoms with E-state index in [2.05, 4.69) is 0 Å². The molecule has 3 rings (SSSR count). The Morgan fingerprint density at radius 2 is 1.74 bits per heavy atom. The number of benzene rings is 1. The highest BCUT2D eigenvalue weighted by molar-refractivity contribution is 7.10. The lowest BCUT2D eigenvalue weighted by Crippen LogP contribution is -2.60. The summed E-state index contributed by atoms with van der Waals surface area (Å²) in [6, 6.07) is 9.61. The van der Waals surface area contributed by atoms with E-state index in [4.69, 9.17) is 14.2 Å². The van der Waals surface area contributed by atoms with Gasteiger partial charge < -0.3 is 34.6 Å². The first-order valence-corrected chi connectivity index (χ1v) is 9.58. The van der Waals surface area contributed by atoms with E-state index in [0.29, 0.717) is 5.75 Å². The molecule has 4 N–H and O–H groups in total. The molecule has 0 radical (unpaired) electrons. The fourth-order valence-electron chi connectivity index (χ4n) is 2.96. The highest BCUT2D eigenvalue weighted by Crippen LogP contribution is 2.30. The summed E-state index contributed by atoms with van der Waals surface area (Å²) in [6.45, 7) is -0.487. The topological polar surface area (TPSA) is 109 Å². The van der Waals surface area contributed by atoms with Crippen molar-refractivity contribution in [1.29, 1.82) is 0 Å². The Labute approximate surface area is 161 Å². The number of hydrogen-bond donors (Lipinski definition) is 4. The van der Waals surface area contributed by atoms with Gasteiger partial charge in [-0.25, -0.2) is 0 Å². The Balaban J connectivity index is 1.64. The molecule has 148 valence electrons. The van der Waals surface area contributed by atoms with Gasteiger partial charge in [0.05, 0.1) is 13.7 Å². The van der Waals surface area contributed by atoms with Crippen LogP contribution in [0, 0.1) is 0 Å². The molecular formula is C19H24O7S. The van der Waals surface area contributed by atoms with Crippen LogP contribution in [0.1, 0.15) is 10.4 Å². The maximum absolute atomic E-state index is 10.1. The van der Waals surface area contributed by atoms with Gasteiger partial charge in [-0.05, 0) is 42.0 Å². The number of methoxy groups -OCH3 is 1. The summed E-state index contributed by atoms with van der Waals surface area (Å²) >= 11 is 1.53. The summed E-state index contributed by atoms with van der Waals surface area (Å²) < 4.78 is 16.3. The van der Waals surface area contributed by atoms with Gasteiger partial charge in [-0.2, -0.15) is 0 Å². The predicted molar refractivity (Wildman–Crippen MR) is 99.1 cm³/mol. The second-order valence-corrected chi connectivity index (χ2v) is 7.37. The Morgan fingerprint density at radius 3 is 2.41 bits per heavy atom. The summed E-state index contributed by atoms with van der Waals surface area (Å²) in [7, 11) is 1.63. The zero-order valence-electron chi connectivity index (χ0n) is 14.9. The number of hydrogen-bond acceptors (Lipinski definition) is 8. The summed E-state index contributed by atoms with van der Waals surface area (Å²) in [4.78, 5) is 0.975. The fraction of sp³-hybridized carbons (Fsp3) is 0.474. The van der Waals surface area contributed by atoms with Gasteiger partial charge in [0.2, 0.25) is 6.29 Å². The third-order valence-corrected chi connectivity index (χ3v) is 5.56. The lowest BCUT2D eigenvalue weighted by Gasteiger charge is -2.39. The normalized spacial score (nSPS) is 28.1. The molecule has 0 saturated carbocycles. The van der Waals surface area contributed by atoms with E-state index in [1.165, 1.54) is 11.3 Å². The Morgan fingerprint density at radius 1 is 1.00 bits per heavy atom. The SMILES string of the molecule is COc1ccc(CCc2sccc2OC2OC(CO)C(O)C(O)C2O)cc1. The molecule has 5 unspecified atom stereocenters. The van der Waals surface area contributed by atoms with Gasteiger partial charge in [-0.15, -0.1) is 11.3 Å². The molecule has 2 heterocycles. The van der Waals surface area contributed by atoms with Crippen LogP contribution in [0.15, 0.2) is 35.7 Å². The Kier molecular flexibility index (Phi) is 6.69. The fourth-order valence-corrected chi connectivity index (χ4v) is 3.76. The predicted octanol–water partition coefficient (Wildman–Crippen LogP) is 0.721. The van der Waals surface area contributed by atoms with Crippen LogP contribution in [0.3, 0.4) is 0 Å². The molecule has 7 nitrogen and oxygen atoms in total. The Hall–Kier alpha value is -1.68. The largest absolute Gasteiger partial charge is 0.497 e. The molecule has 0 spiro atoms. The molecule has 1 aromatic carbocycles. The van der Waals surface area contributed by atoms with Gasteiger partial charge in [-0.1, -0.05) is 12.1 Å². The van der Waals surface area contributed by atoms with Crippen LogP contribution in [0.25, 0.3) is 0 Å². The van der Waals surface area contributed by atoms with Crippen LogP contribution in [0.2, 0.25) is 0 Å². The number of rotatable bonds is 7. The van der Waals surface area contributed by atoms with Crippen LogP contribution in [0.4, 0.5) is 0 Å². The van der Waals surface area contributed by atoms with Gasteiger partial charge in [-0.3, -0.25) is 0 Å². The minimum absolute atomic E-state index is 0.487. The van der Waals surface area contributed by atoms with Crippen molar-refractivity contribution in [3.63, 3.8) is 0 Å². The minimum Gasteiger partial charge on any atom is -0.497 e. The molecule has 0 bridgehead atoms. The Bertz CT molecular complexity index is 715. The van der Waals surface area contributed by atoms with Gasteiger partial charge in [0.1, 0.15) is 35.9 Å². The van der Waals surface area contributed by atoms with Crippen LogP contribution in [-0.2, 0) is 17.6 Å². The zero-order valence-corrected chi connectivity index (χ0v) is 15.7. The first kappa shape index (κ1) is 20.1.